The Balaban J connectivity index is 1.77. The molecule has 104 valence electrons. The minimum absolute atomic E-state index is 0.0504. The molecule has 2 aromatic carbocycles. The summed E-state index contributed by atoms with van der Waals surface area (Å²) in [5, 5.41) is 14.3. The molecule has 0 fully saturated rings. The highest BCUT2D eigenvalue weighted by Gasteiger charge is 2.03. The number of nitrogens with zero attached hydrogens (tertiary/aromatic N) is 1. The minimum atomic E-state index is -0.440. The first-order valence-corrected chi connectivity index (χ1v) is 6.39. The Morgan fingerprint density at radius 1 is 1.20 bits per heavy atom. The van der Waals surface area contributed by atoms with Gasteiger partial charge in [-0.05, 0) is 30.3 Å². The van der Waals surface area contributed by atoms with Gasteiger partial charge in [0.1, 0.15) is 12.4 Å². The average molecular weight is 293 g/mol. The number of nitro groups is 1. The normalized spacial score (nSPS) is 10.1. The number of hydrogen-bond acceptors (Lipinski definition) is 4. The van der Waals surface area contributed by atoms with E-state index in [1.807, 2.05) is 18.2 Å². The van der Waals surface area contributed by atoms with Crippen molar-refractivity contribution in [2.45, 2.75) is 0 Å². The lowest BCUT2D eigenvalue weighted by Gasteiger charge is -2.08. The van der Waals surface area contributed by atoms with Crippen molar-refractivity contribution in [2.75, 3.05) is 18.5 Å². The Labute approximate surface area is 121 Å². The molecule has 0 aliphatic carbocycles. The third kappa shape index (κ3) is 4.13. The van der Waals surface area contributed by atoms with E-state index in [1.165, 1.54) is 12.1 Å². The summed E-state index contributed by atoms with van der Waals surface area (Å²) in [5.41, 5.74) is 0.971. The van der Waals surface area contributed by atoms with Gasteiger partial charge < -0.3 is 10.1 Å². The van der Waals surface area contributed by atoms with Crippen molar-refractivity contribution in [1.29, 1.82) is 0 Å². The van der Waals surface area contributed by atoms with E-state index in [4.69, 9.17) is 16.3 Å². The number of non-ortho nitro benzene ring substituents is 1. The van der Waals surface area contributed by atoms with Crippen molar-refractivity contribution in [2.24, 2.45) is 0 Å². The first-order chi connectivity index (χ1) is 9.65. The molecule has 20 heavy (non-hydrogen) atoms. The summed E-state index contributed by atoms with van der Waals surface area (Å²) in [7, 11) is 0. The van der Waals surface area contributed by atoms with Crippen LogP contribution in [0.5, 0.6) is 5.75 Å². The highest BCUT2D eigenvalue weighted by Crippen LogP contribution is 2.17. The van der Waals surface area contributed by atoms with Crippen molar-refractivity contribution in [3.63, 3.8) is 0 Å². The smallest absolute Gasteiger partial charge is 0.269 e. The lowest BCUT2D eigenvalue weighted by Crippen LogP contribution is -2.11. The molecule has 0 aliphatic rings. The second-order valence-electron chi connectivity index (χ2n) is 4.04. The first kappa shape index (κ1) is 14.1. The number of benzene rings is 2. The molecule has 1 N–H and O–H groups in total. The summed E-state index contributed by atoms with van der Waals surface area (Å²) in [6.07, 6.45) is 0. The maximum absolute atomic E-state index is 10.5. The molecule has 0 bridgehead atoms. The Bertz CT molecular complexity index is 587. The van der Waals surface area contributed by atoms with Crippen LogP contribution < -0.4 is 10.1 Å². The van der Waals surface area contributed by atoms with Crippen molar-refractivity contribution in [3.8, 4) is 5.75 Å². The molecule has 0 saturated carbocycles. The van der Waals surface area contributed by atoms with Crippen LogP contribution in [0.25, 0.3) is 0 Å². The van der Waals surface area contributed by atoms with E-state index in [0.29, 0.717) is 23.9 Å². The highest BCUT2D eigenvalue weighted by atomic mass is 35.5. The zero-order valence-electron chi connectivity index (χ0n) is 10.6. The molecule has 6 heteroatoms. The number of hydrogen-bond donors (Lipinski definition) is 1. The van der Waals surface area contributed by atoms with Crippen LogP contribution >= 0.6 is 11.6 Å². The predicted molar refractivity (Wildman–Crippen MR) is 78.5 cm³/mol. The Kier molecular flexibility index (Phi) is 4.79. The molecule has 0 heterocycles. The van der Waals surface area contributed by atoms with E-state index in [9.17, 15) is 10.1 Å². The maximum atomic E-state index is 10.5. The summed E-state index contributed by atoms with van der Waals surface area (Å²) in [5.74, 6) is 0.600. The number of halogens is 1. The molecular formula is C14H13ClN2O3. The van der Waals surface area contributed by atoms with Crippen molar-refractivity contribution >= 4 is 23.0 Å². The van der Waals surface area contributed by atoms with Gasteiger partial charge in [0.2, 0.25) is 0 Å². The first-order valence-electron chi connectivity index (χ1n) is 6.02. The van der Waals surface area contributed by atoms with Gasteiger partial charge in [0.05, 0.1) is 4.92 Å². The van der Waals surface area contributed by atoms with Crippen LogP contribution in [0, 0.1) is 10.1 Å². The van der Waals surface area contributed by atoms with Gasteiger partial charge in [-0.15, -0.1) is 0 Å². The van der Waals surface area contributed by atoms with Crippen LogP contribution in [0.15, 0.2) is 48.5 Å². The molecule has 0 saturated heterocycles. The van der Waals surface area contributed by atoms with E-state index < -0.39 is 4.92 Å². The fourth-order valence-electron chi connectivity index (χ4n) is 1.63. The summed E-state index contributed by atoms with van der Waals surface area (Å²) in [4.78, 5) is 10.1. The van der Waals surface area contributed by atoms with Gasteiger partial charge in [-0.1, -0.05) is 17.7 Å². The van der Waals surface area contributed by atoms with Crippen LogP contribution in [-0.2, 0) is 0 Å². The lowest BCUT2D eigenvalue weighted by molar-refractivity contribution is -0.384. The van der Waals surface area contributed by atoms with E-state index >= 15 is 0 Å². The van der Waals surface area contributed by atoms with Gasteiger partial charge in [0, 0.05) is 29.4 Å². The van der Waals surface area contributed by atoms with Crippen molar-refractivity contribution < 1.29 is 9.66 Å². The van der Waals surface area contributed by atoms with Gasteiger partial charge >= 0.3 is 0 Å². The molecule has 5 nitrogen and oxygen atoms in total. The van der Waals surface area contributed by atoms with Gasteiger partial charge in [-0.2, -0.15) is 0 Å². The summed E-state index contributed by atoms with van der Waals surface area (Å²) < 4.78 is 5.47. The predicted octanol–water partition coefficient (Wildman–Crippen LogP) is 3.74. The molecule has 0 atom stereocenters. The SMILES string of the molecule is O=[N+]([O-])c1ccc(OCCNc2cccc(Cl)c2)cc1. The zero-order valence-corrected chi connectivity index (χ0v) is 11.3. The van der Waals surface area contributed by atoms with Gasteiger partial charge in [-0.3, -0.25) is 10.1 Å². The van der Waals surface area contributed by atoms with Gasteiger partial charge in [0.25, 0.3) is 5.69 Å². The molecule has 0 aromatic heterocycles. The molecule has 2 aromatic rings. The summed E-state index contributed by atoms with van der Waals surface area (Å²) >= 11 is 5.87. The summed E-state index contributed by atoms with van der Waals surface area (Å²) in [6, 6.07) is 13.4. The second-order valence-corrected chi connectivity index (χ2v) is 4.47. The van der Waals surface area contributed by atoms with Crippen LogP contribution in [0.4, 0.5) is 11.4 Å². The molecule has 0 unspecified atom stereocenters. The van der Waals surface area contributed by atoms with E-state index in [1.54, 1.807) is 18.2 Å². The number of nitrogens with one attached hydrogen (secondary N) is 1. The number of ether oxygens (including phenoxy) is 1. The fraction of sp³-hybridized carbons (Fsp3) is 0.143. The minimum Gasteiger partial charge on any atom is -0.492 e. The van der Waals surface area contributed by atoms with E-state index in [0.717, 1.165) is 5.69 Å². The van der Waals surface area contributed by atoms with Crippen molar-refractivity contribution in [1.82, 2.24) is 0 Å². The number of nitro benzene ring substituents is 1. The maximum Gasteiger partial charge on any atom is 0.269 e. The van der Waals surface area contributed by atoms with Gasteiger partial charge in [0.15, 0.2) is 0 Å². The molecule has 2 rings (SSSR count). The van der Waals surface area contributed by atoms with Crippen molar-refractivity contribution in [3.05, 3.63) is 63.7 Å². The monoisotopic (exact) mass is 292 g/mol. The fourth-order valence-corrected chi connectivity index (χ4v) is 1.82. The topological polar surface area (TPSA) is 64.4 Å². The van der Waals surface area contributed by atoms with Crippen LogP contribution in [0.2, 0.25) is 5.02 Å². The largest absolute Gasteiger partial charge is 0.492 e. The molecule has 0 radical (unpaired) electrons. The van der Waals surface area contributed by atoms with Crippen LogP contribution in [-0.4, -0.2) is 18.1 Å². The van der Waals surface area contributed by atoms with Gasteiger partial charge in [-0.25, -0.2) is 0 Å². The quantitative estimate of drug-likeness (QED) is 0.500. The van der Waals surface area contributed by atoms with Crippen LogP contribution in [0.3, 0.4) is 0 Å². The molecule has 0 spiro atoms. The molecular weight excluding hydrogens is 280 g/mol. The molecule has 0 aliphatic heterocycles. The van der Waals surface area contributed by atoms with Crippen LogP contribution in [0.1, 0.15) is 0 Å². The average Bonchev–Trinajstić information content (AvgIpc) is 2.44. The third-order valence-electron chi connectivity index (χ3n) is 2.57. The Hall–Kier alpha value is -2.27. The Morgan fingerprint density at radius 3 is 2.60 bits per heavy atom. The van der Waals surface area contributed by atoms with E-state index in [-0.39, 0.29) is 5.69 Å². The zero-order chi connectivity index (χ0) is 14.4. The van der Waals surface area contributed by atoms with E-state index in [2.05, 4.69) is 5.32 Å². The third-order valence-corrected chi connectivity index (χ3v) is 2.81. The number of rotatable bonds is 6. The second kappa shape index (κ2) is 6.77. The molecule has 0 amide bonds. The number of anilines is 1. The summed E-state index contributed by atoms with van der Waals surface area (Å²) in [6.45, 7) is 1.06. The Morgan fingerprint density at radius 2 is 1.95 bits per heavy atom. The highest BCUT2D eigenvalue weighted by molar-refractivity contribution is 6.30. The lowest BCUT2D eigenvalue weighted by atomic mass is 10.3. The standard InChI is InChI=1S/C14H13ClN2O3/c15-11-2-1-3-12(10-11)16-8-9-20-14-6-4-13(5-7-14)17(18)19/h1-7,10,16H,8-9H2.